The lowest BCUT2D eigenvalue weighted by Crippen LogP contribution is -2.46. The summed E-state index contributed by atoms with van der Waals surface area (Å²) in [5.41, 5.74) is 0.704. The Bertz CT molecular complexity index is 1240. The molecule has 10 nitrogen and oxygen atoms in total. The molecule has 2 aliphatic heterocycles. The first kappa shape index (κ1) is 22.2. The fraction of sp³-hybridized carbons (Fsp3) is 0.455. The van der Waals surface area contributed by atoms with Crippen molar-refractivity contribution >= 4 is 17.3 Å². The van der Waals surface area contributed by atoms with E-state index in [-0.39, 0.29) is 17.1 Å². The molecule has 2 fully saturated rings. The minimum atomic E-state index is -1.11. The molecule has 3 aromatic heterocycles. The number of anilines is 2. The van der Waals surface area contributed by atoms with Crippen molar-refractivity contribution in [1.29, 1.82) is 5.26 Å². The first-order chi connectivity index (χ1) is 16.6. The monoisotopic (exact) mass is 470 g/mol. The van der Waals surface area contributed by atoms with Crippen LogP contribution < -0.4 is 20.3 Å². The van der Waals surface area contributed by atoms with Gasteiger partial charge in [0.1, 0.15) is 29.4 Å². The lowest BCUT2D eigenvalue weighted by atomic mass is 10.1. The number of ether oxygens (including phenoxy) is 2. The molecule has 0 spiro atoms. The number of hydrogen-bond acceptors (Lipinski definition) is 9. The highest BCUT2D eigenvalue weighted by Gasteiger charge is 2.27. The van der Waals surface area contributed by atoms with Crippen LogP contribution in [0, 0.1) is 17.1 Å². The van der Waals surface area contributed by atoms with Crippen LogP contribution >= 0.6 is 0 Å². The fourth-order valence-corrected chi connectivity index (χ4v) is 4.20. The largest absolute Gasteiger partial charge is 0.493 e. The van der Waals surface area contributed by atoms with Crippen molar-refractivity contribution in [3.05, 3.63) is 29.7 Å². The van der Waals surface area contributed by atoms with Gasteiger partial charge >= 0.3 is 0 Å². The SMILES string of the molecule is COc1cc2ncc(-c3nc(N[C@H]4CNCC[C@@H]4F)c(C#N)cc3F)n2nc1N1CCOCC1. The molecule has 12 heteroatoms. The van der Waals surface area contributed by atoms with Crippen molar-refractivity contribution in [2.24, 2.45) is 0 Å². The first-order valence-corrected chi connectivity index (χ1v) is 11.1. The smallest absolute Gasteiger partial charge is 0.192 e. The fourth-order valence-electron chi connectivity index (χ4n) is 4.20. The Hall–Kier alpha value is -3.56. The van der Waals surface area contributed by atoms with Gasteiger partial charge in [-0.05, 0) is 19.0 Å². The van der Waals surface area contributed by atoms with Crippen LogP contribution in [-0.2, 0) is 4.74 Å². The van der Waals surface area contributed by atoms with E-state index in [2.05, 4.69) is 25.7 Å². The maximum Gasteiger partial charge on any atom is 0.192 e. The summed E-state index contributed by atoms with van der Waals surface area (Å²) in [7, 11) is 1.55. The first-order valence-electron chi connectivity index (χ1n) is 11.1. The zero-order valence-corrected chi connectivity index (χ0v) is 18.6. The Morgan fingerprint density at radius 2 is 2.15 bits per heavy atom. The van der Waals surface area contributed by atoms with E-state index < -0.39 is 18.0 Å². The predicted octanol–water partition coefficient (Wildman–Crippen LogP) is 1.76. The number of nitriles is 1. The maximum absolute atomic E-state index is 15.1. The van der Waals surface area contributed by atoms with Crippen molar-refractivity contribution in [3.8, 4) is 23.2 Å². The number of fused-ring (bicyclic) bond motifs is 1. The Morgan fingerprint density at radius 3 is 2.88 bits per heavy atom. The summed E-state index contributed by atoms with van der Waals surface area (Å²) in [5.74, 6) is 0.541. The summed E-state index contributed by atoms with van der Waals surface area (Å²) in [6.45, 7) is 3.35. The number of hydrogen-bond donors (Lipinski definition) is 2. The minimum absolute atomic E-state index is 0.00326. The standard InChI is InChI=1S/C22H24F2N8O2/c1-33-18-9-19-27-12-17(32(19)30-22(18)31-4-6-34-7-5-31)20-15(24)8-13(10-25)21(29-20)28-16-11-26-3-2-14(16)23/h8-9,12,14,16,26H,2-7,11H2,1H3,(H,28,29)/t14-,16-/m0/s1. The number of piperidine rings is 1. The highest BCUT2D eigenvalue weighted by atomic mass is 19.1. The van der Waals surface area contributed by atoms with Crippen LogP contribution in [0.3, 0.4) is 0 Å². The Labute approximate surface area is 194 Å². The summed E-state index contributed by atoms with van der Waals surface area (Å²) in [6.07, 6.45) is 0.701. The summed E-state index contributed by atoms with van der Waals surface area (Å²) in [4.78, 5) is 10.8. The van der Waals surface area contributed by atoms with Crippen molar-refractivity contribution in [1.82, 2.24) is 24.9 Å². The molecular formula is C22H24F2N8O2. The number of nitrogens with zero attached hydrogens (tertiary/aromatic N) is 6. The second-order valence-electron chi connectivity index (χ2n) is 8.14. The van der Waals surface area contributed by atoms with Crippen LogP contribution in [0.4, 0.5) is 20.4 Å². The van der Waals surface area contributed by atoms with Gasteiger partial charge in [-0.1, -0.05) is 0 Å². The summed E-state index contributed by atoms with van der Waals surface area (Å²) in [5, 5.41) is 20.3. The van der Waals surface area contributed by atoms with Crippen LogP contribution in [-0.4, -0.2) is 78.3 Å². The zero-order chi connectivity index (χ0) is 23.7. The molecule has 34 heavy (non-hydrogen) atoms. The highest BCUT2D eigenvalue weighted by Crippen LogP contribution is 2.31. The number of morpholine rings is 1. The van der Waals surface area contributed by atoms with Gasteiger partial charge in [0.2, 0.25) is 0 Å². The number of nitrogens with one attached hydrogen (secondary N) is 2. The third-order valence-corrected chi connectivity index (χ3v) is 6.03. The van der Waals surface area contributed by atoms with Gasteiger partial charge in [0, 0.05) is 25.7 Å². The third-order valence-electron chi connectivity index (χ3n) is 6.03. The number of alkyl halides is 1. The van der Waals surface area contributed by atoms with Crippen molar-refractivity contribution in [2.75, 3.05) is 56.7 Å². The normalized spacial score (nSPS) is 20.8. The average molecular weight is 470 g/mol. The van der Waals surface area contributed by atoms with E-state index in [9.17, 15) is 9.65 Å². The maximum atomic E-state index is 15.1. The number of pyridine rings is 1. The van der Waals surface area contributed by atoms with E-state index >= 15 is 4.39 Å². The lowest BCUT2D eigenvalue weighted by Gasteiger charge is -2.29. The van der Waals surface area contributed by atoms with Gasteiger partial charge in [-0.3, -0.25) is 0 Å². The Kier molecular flexibility index (Phi) is 6.12. The molecule has 2 atom stereocenters. The van der Waals surface area contributed by atoms with E-state index in [0.29, 0.717) is 68.7 Å². The van der Waals surface area contributed by atoms with Crippen molar-refractivity contribution < 1.29 is 18.3 Å². The topological polar surface area (TPSA) is 113 Å². The van der Waals surface area contributed by atoms with E-state index in [1.54, 1.807) is 13.2 Å². The highest BCUT2D eigenvalue weighted by molar-refractivity contribution is 5.68. The quantitative estimate of drug-likeness (QED) is 0.576. The Balaban J connectivity index is 1.58. The molecule has 5 rings (SSSR count). The van der Waals surface area contributed by atoms with Crippen LogP contribution in [0.15, 0.2) is 18.3 Å². The van der Waals surface area contributed by atoms with E-state index in [1.165, 1.54) is 10.7 Å². The molecule has 0 aromatic carbocycles. The van der Waals surface area contributed by atoms with E-state index in [1.807, 2.05) is 11.0 Å². The molecule has 0 saturated carbocycles. The summed E-state index contributed by atoms with van der Waals surface area (Å²) < 4.78 is 41.9. The van der Waals surface area contributed by atoms with Crippen molar-refractivity contribution in [3.63, 3.8) is 0 Å². The van der Waals surface area contributed by atoms with E-state index in [0.717, 1.165) is 6.07 Å². The zero-order valence-electron chi connectivity index (χ0n) is 18.6. The molecule has 2 saturated heterocycles. The predicted molar refractivity (Wildman–Crippen MR) is 120 cm³/mol. The molecule has 178 valence electrons. The summed E-state index contributed by atoms with van der Waals surface area (Å²) in [6, 6.07) is 4.18. The molecule has 0 aliphatic carbocycles. The van der Waals surface area contributed by atoms with Crippen LogP contribution in [0.25, 0.3) is 17.0 Å². The van der Waals surface area contributed by atoms with Gasteiger partial charge in [-0.15, -0.1) is 5.10 Å². The second-order valence-corrected chi connectivity index (χ2v) is 8.14. The molecular weight excluding hydrogens is 446 g/mol. The van der Waals surface area contributed by atoms with E-state index in [4.69, 9.17) is 9.47 Å². The molecule has 0 radical (unpaired) electrons. The van der Waals surface area contributed by atoms with Gasteiger partial charge < -0.3 is 25.0 Å². The molecule has 5 heterocycles. The van der Waals surface area contributed by atoms with Gasteiger partial charge in [-0.2, -0.15) is 5.26 Å². The molecule has 0 bridgehead atoms. The molecule has 2 N–H and O–H groups in total. The number of imidazole rings is 1. The van der Waals surface area contributed by atoms with Gasteiger partial charge in [0.25, 0.3) is 0 Å². The minimum Gasteiger partial charge on any atom is -0.493 e. The lowest BCUT2D eigenvalue weighted by molar-refractivity contribution is 0.122. The van der Waals surface area contributed by atoms with Gasteiger partial charge in [0.05, 0.1) is 38.1 Å². The molecule has 0 unspecified atom stereocenters. The molecule has 2 aliphatic rings. The number of rotatable bonds is 5. The van der Waals surface area contributed by atoms with Gasteiger partial charge in [-0.25, -0.2) is 23.3 Å². The van der Waals surface area contributed by atoms with Crippen LogP contribution in [0.5, 0.6) is 5.75 Å². The molecule has 3 aromatic rings. The number of methoxy groups -OCH3 is 1. The number of halogens is 2. The Morgan fingerprint density at radius 1 is 1.32 bits per heavy atom. The summed E-state index contributed by atoms with van der Waals surface area (Å²) >= 11 is 0. The third kappa shape index (κ3) is 4.08. The van der Waals surface area contributed by atoms with Crippen molar-refractivity contribution in [2.45, 2.75) is 18.6 Å². The molecule has 0 amide bonds. The number of aromatic nitrogens is 4. The van der Waals surface area contributed by atoms with Crippen LogP contribution in [0.1, 0.15) is 12.0 Å². The second kappa shape index (κ2) is 9.36. The van der Waals surface area contributed by atoms with Gasteiger partial charge in [0.15, 0.2) is 23.0 Å². The van der Waals surface area contributed by atoms with Crippen LogP contribution in [0.2, 0.25) is 0 Å². The average Bonchev–Trinajstić information content (AvgIpc) is 3.28.